The topological polar surface area (TPSA) is 55.4 Å². The van der Waals surface area contributed by atoms with Crippen LogP contribution in [0.15, 0.2) is 48.5 Å². The SMILES string of the molecule is CC(C)c1cccc(C(C)C)c1NC(=O)COC(=O)C1(c2ccccc2)CC1. The molecule has 148 valence electrons. The van der Waals surface area contributed by atoms with Gasteiger partial charge in [-0.2, -0.15) is 0 Å². The van der Waals surface area contributed by atoms with Crippen molar-refractivity contribution in [2.24, 2.45) is 0 Å². The van der Waals surface area contributed by atoms with Crippen LogP contribution in [0.3, 0.4) is 0 Å². The van der Waals surface area contributed by atoms with Gasteiger partial charge in [-0.1, -0.05) is 76.2 Å². The van der Waals surface area contributed by atoms with Crippen molar-refractivity contribution < 1.29 is 14.3 Å². The van der Waals surface area contributed by atoms with Gasteiger partial charge in [0.15, 0.2) is 6.61 Å². The van der Waals surface area contributed by atoms with E-state index in [0.29, 0.717) is 0 Å². The number of hydrogen-bond donors (Lipinski definition) is 1. The fourth-order valence-electron chi connectivity index (χ4n) is 3.63. The summed E-state index contributed by atoms with van der Waals surface area (Å²) in [6.07, 6.45) is 1.54. The number of carbonyl (C=O) groups excluding carboxylic acids is 2. The molecule has 4 heteroatoms. The van der Waals surface area contributed by atoms with Crippen molar-refractivity contribution in [3.8, 4) is 0 Å². The Labute approximate surface area is 167 Å². The fraction of sp³-hybridized carbons (Fsp3) is 0.417. The summed E-state index contributed by atoms with van der Waals surface area (Å²) in [6.45, 7) is 8.15. The second-order valence-corrected chi connectivity index (χ2v) is 8.19. The number of para-hydroxylation sites is 1. The van der Waals surface area contributed by atoms with Crippen molar-refractivity contribution in [1.29, 1.82) is 0 Å². The highest BCUT2D eigenvalue weighted by Crippen LogP contribution is 2.49. The van der Waals surface area contributed by atoms with Gasteiger partial charge in [-0.05, 0) is 41.4 Å². The first-order valence-corrected chi connectivity index (χ1v) is 10.0. The van der Waals surface area contributed by atoms with Crippen molar-refractivity contribution in [2.75, 3.05) is 11.9 Å². The van der Waals surface area contributed by atoms with Crippen LogP contribution in [0.5, 0.6) is 0 Å². The van der Waals surface area contributed by atoms with Crippen LogP contribution in [0.2, 0.25) is 0 Å². The van der Waals surface area contributed by atoms with Gasteiger partial charge in [0.05, 0.1) is 5.41 Å². The van der Waals surface area contributed by atoms with Crippen LogP contribution in [-0.2, 0) is 19.7 Å². The maximum absolute atomic E-state index is 12.6. The molecule has 4 nitrogen and oxygen atoms in total. The molecule has 0 unspecified atom stereocenters. The van der Waals surface area contributed by atoms with Crippen LogP contribution in [0.25, 0.3) is 0 Å². The molecule has 0 atom stereocenters. The van der Waals surface area contributed by atoms with Crippen LogP contribution in [-0.4, -0.2) is 18.5 Å². The monoisotopic (exact) mass is 379 g/mol. The molecular formula is C24H29NO3. The maximum Gasteiger partial charge on any atom is 0.317 e. The lowest BCUT2D eigenvalue weighted by molar-refractivity contribution is -0.150. The van der Waals surface area contributed by atoms with E-state index in [4.69, 9.17) is 4.74 Å². The van der Waals surface area contributed by atoms with Gasteiger partial charge in [0.2, 0.25) is 0 Å². The number of ether oxygens (including phenoxy) is 1. The van der Waals surface area contributed by atoms with Crippen molar-refractivity contribution in [3.63, 3.8) is 0 Å². The largest absolute Gasteiger partial charge is 0.455 e. The summed E-state index contributed by atoms with van der Waals surface area (Å²) < 4.78 is 5.41. The summed E-state index contributed by atoms with van der Waals surface area (Å²) in [5.41, 5.74) is 3.42. The summed E-state index contributed by atoms with van der Waals surface area (Å²) in [5, 5.41) is 2.99. The Hall–Kier alpha value is -2.62. The minimum Gasteiger partial charge on any atom is -0.455 e. The van der Waals surface area contributed by atoms with Crippen molar-refractivity contribution in [3.05, 3.63) is 65.2 Å². The number of rotatable bonds is 7. The van der Waals surface area contributed by atoms with E-state index in [-0.39, 0.29) is 30.3 Å². The zero-order valence-electron chi connectivity index (χ0n) is 17.1. The minimum atomic E-state index is -0.569. The van der Waals surface area contributed by atoms with E-state index in [0.717, 1.165) is 35.2 Å². The molecular weight excluding hydrogens is 350 g/mol. The molecule has 1 aliphatic carbocycles. The van der Waals surface area contributed by atoms with Gasteiger partial charge in [0.25, 0.3) is 5.91 Å². The average Bonchev–Trinajstić information content (AvgIpc) is 3.48. The minimum absolute atomic E-state index is 0.266. The fourth-order valence-corrected chi connectivity index (χ4v) is 3.63. The molecule has 3 rings (SSSR count). The summed E-state index contributed by atoms with van der Waals surface area (Å²) >= 11 is 0. The molecule has 0 aromatic heterocycles. The lowest BCUT2D eigenvalue weighted by Crippen LogP contribution is -2.28. The van der Waals surface area contributed by atoms with E-state index in [1.165, 1.54) is 0 Å². The van der Waals surface area contributed by atoms with Crippen molar-refractivity contribution in [1.82, 2.24) is 0 Å². The summed E-state index contributed by atoms with van der Waals surface area (Å²) in [4.78, 5) is 25.2. The third-order valence-electron chi connectivity index (χ3n) is 5.44. The van der Waals surface area contributed by atoms with Crippen LogP contribution in [0, 0.1) is 0 Å². The lowest BCUT2D eigenvalue weighted by Gasteiger charge is -2.20. The normalized spacial score (nSPS) is 14.8. The maximum atomic E-state index is 12.6. The van der Waals surface area contributed by atoms with Crippen LogP contribution >= 0.6 is 0 Å². The molecule has 1 saturated carbocycles. The van der Waals surface area contributed by atoms with Crippen LogP contribution in [0.1, 0.15) is 69.1 Å². The van der Waals surface area contributed by atoms with Gasteiger partial charge in [0, 0.05) is 5.69 Å². The molecule has 1 aliphatic rings. The van der Waals surface area contributed by atoms with Gasteiger partial charge in [-0.3, -0.25) is 9.59 Å². The molecule has 28 heavy (non-hydrogen) atoms. The van der Waals surface area contributed by atoms with Crippen molar-refractivity contribution in [2.45, 2.75) is 57.8 Å². The standard InChI is InChI=1S/C24H29NO3/c1-16(2)19-11-8-12-20(17(3)4)22(19)25-21(26)15-28-23(27)24(13-14-24)18-9-6-5-7-10-18/h5-12,16-17H,13-15H2,1-4H3,(H,25,26). The molecule has 0 heterocycles. The molecule has 1 fully saturated rings. The predicted octanol–water partition coefficient (Wildman–Crippen LogP) is 5.15. The number of benzene rings is 2. The van der Waals surface area contributed by atoms with E-state index in [1.54, 1.807) is 0 Å². The van der Waals surface area contributed by atoms with E-state index in [9.17, 15) is 9.59 Å². The van der Waals surface area contributed by atoms with E-state index >= 15 is 0 Å². The van der Waals surface area contributed by atoms with Gasteiger partial charge in [-0.15, -0.1) is 0 Å². The number of nitrogens with one attached hydrogen (secondary N) is 1. The zero-order chi connectivity index (χ0) is 20.3. The average molecular weight is 380 g/mol. The van der Waals surface area contributed by atoms with E-state index in [1.807, 2.05) is 48.5 Å². The van der Waals surface area contributed by atoms with Gasteiger partial charge in [0.1, 0.15) is 0 Å². The van der Waals surface area contributed by atoms with Gasteiger partial charge < -0.3 is 10.1 Å². The Kier molecular flexibility index (Phi) is 5.87. The van der Waals surface area contributed by atoms with E-state index in [2.05, 4.69) is 33.0 Å². The molecule has 1 N–H and O–H groups in total. The Morgan fingerprint density at radius 3 is 2.00 bits per heavy atom. The smallest absolute Gasteiger partial charge is 0.317 e. The molecule has 2 aromatic carbocycles. The summed E-state index contributed by atoms with van der Waals surface area (Å²) in [5.74, 6) is -0.0454. The molecule has 0 aliphatic heterocycles. The Bertz CT molecular complexity index is 825. The highest BCUT2D eigenvalue weighted by molar-refractivity contribution is 5.95. The Morgan fingerprint density at radius 1 is 0.929 bits per heavy atom. The molecule has 0 bridgehead atoms. The second kappa shape index (κ2) is 8.17. The molecule has 0 radical (unpaired) electrons. The second-order valence-electron chi connectivity index (χ2n) is 8.19. The predicted molar refractivity (Wildman–Crippen MR) is 112 cm³/mol. The third-order valence-corrected chi connectivity index (χ3v) is 5.44. The number of anilines is 1. The number of hydrogen-bond acceptors (Lipinski definition) is 3. The Balaban J connectivity index is 1.68. The highest BCUT2D eigenvalue weighted by atomic mass is 16.5. The van der Waals surface area contributed by atoms with Crippen molar-refractivity contribution >= 4 is 17.6 Å². The van der Waals surface area contributed by atoms with Gasteiger partial charge in [-0.25, -0.2) is 0 Å². The summed E-state index contributed by atoms with van der Waals surface area (Å²) in [7, 11) is 0. The Morgan fingerprint density at radius 2 is 1.50 bits per heavy atom. The molecule has 1 amide bonds. The summed E-state index contributed by atoms with van der Waals surface area (Å²) in [6, 6.07) is 15.8. The first kappa shape index (κ1) is 20.1. The first-order valence-electron chi connectivity index (χ1n) is 10.0. The highest BCUT2D eigenvalue weighted by Gasteiger charge is 2.52. The number of amides is 1. The quantitative estimate of drug-likeness (QED) is 0.677. The van der Waals surface area contributed by atoms with Gasteiger partial charge >= 0.3 is 5.97 Å². The lowest BCUT2D eigenvalue weighted by atomic mass is 9.92. The zero-order valence-corrected chi connectivity index (χ0v) is 17.1. The number of esters is 1. The van der Waals surface area contributed by atoms with Crippen LogP contribution in [0.4, 0.5) is 5.69 Å². The van der Waals surface area contributed by atoms with E-state index < -0.39 is 5.41 Å². The van der Waals surface area contributed by atoms with Crippen LogP contribution < -0.4 is 5.32 Å². The molecule has 0 spiro atoms. The molecule has 2 aromatic rings. The third kappa shape index (κ3) is 4.11. The number of carbonyl (C=O) groups is 2. The molecule has 0 saturated heterocycles. The first-order chi connectivity index (χ1) is 13.3.